The number of carbonyl (C=O) groups is 1. The SMILES string of the molecule is CNC(C)(CN1CCn2ccnc2C1)C(N)=O. The number of fused-ring (bicyclic) bond motifs is 1. The highest BCUT2D eigenvalue weighted by atomic mass is 16.1. The fraction of sp³-hybridized carbons (Fsp3) is 0.636. The standard InChI is InChI=1S/C11H19N5O/c1-11(13-2,10(12)17)8-15-5-6-16-4-3-14-9(16)7-15/h3-4,13H,5-8H2,1-2H3,(H2,12,17). The molecule has 1 unspecified atom stereocenters. The maximum absolute atomic E-state index is 11.4. The molecular weight excluding hydrogens is 218 g/mol. The first-order valence-electron chi connectivity index (χ1n) is 5.76. The molecule has 6 heteroatoms. The summed E-state index contributed by atoms with van der Waals surface area (Å²) in [6.07, 6.45) is 3.79. The molecule has 0 saturated heterocycles. The van der Waals surface area contributed by atoms with Crippen molar-refractivity contribution in [2.24, 2.45) is 5.73 Å². The molecule has 0 radical (unpaired) electrons. The third-order valence-electron chi connectivity index (χ3n) is 3.46. The molecule has 1 aliphatic heterocycles. The lowest BCUT2D eigenvalue weighted by Gasteiger charge is -2.35. The molecule has 2 heterocycles. The highest BCUT2D eigenvalue weighted by Gasteiger charge is 2.32. The van der Waals surface area contributed by atoms with Crippen molar-refractivity contribution in [1.82, 2.24) is 19.8 Å². The summed E-state index contributed by atoms with van der Waals surface area (Å²) >= 11 is 0. The van der Waals surface area contributed by atoms with Crippen molar-refractivity contribution in [2.75, 3.05) is 20.1 Å². The maximum Gasteiger partial charge on any atom is 0.238 e. The van der Waals surface area contributed by atoms with Crippen LogP contribution in [-0.2, 0) is 17.9 Å². The first-order chi connectivity index (χ1) is 8.05. The van der Waals surface area contributed by atoms with Gasteiger partial charge in [0, 0.05) is 32.0 Å². The van der Waals surface area contributed by atoms with Gasteiger partial charge in [0.2, 0.25) is 5.91 Å². The summed E-state index contributed by atoms with van der Waals surface area (Å²) in [4.78, 5) is 17.9. The van der Waals surface area contributed by atoms with Gasteiger partial charge in [-0.05, 0) is 14.0 Å². The molecule has 0 fully saturated rings. The fourth-order valence-corrected chi connectivity index (χ4v) is 2.09. The Morgan fingerprint density at radius 2 is 2.41 bits per heavy atom. The molecule has 1 aliphatic rings. The molecule has 3 N–H and O–H groups in total. The molecule has 0 aliphatic carbocycles. The van der Waals surface area contributed by atoms with E-state index in [0.717, 1.165) is 25.5 Å². The van der Waals surface area contributed by atoms with Gasteiger partial charge in [-0.3, -0.25) is 9.69 Å². The van der Waals surface area contributed by atoms with Crippen LogP contribution in [0.4, 0.5) is 0 Å². The van der Waals surface area contributed by atoms with Crippen molar-refractivity contribution in [3.8, 4) is 0 Å². The van der Waals surface area contributed by atoms with E-state index in [-0.39, 0.29) is 5.91 Å². The van der Waals surface area contributed by atoms with E-state index in [1.807, 2.05) is 19.3 Å². The first kappa shape index (κ1) is 12.1. The Morgan fingerprint density at radius 1 is 1.65 bits per heavy atom. The number of nitrogens with zero attached hydrogens (tertiary/aromatic N) is 3. The van der Waals surface area contributed by atoms with Crippen LogP contribution in [0.5, 0.6) is 0 Å². The van der Waals surface area contributed by atoms with Gasteiger partial charge in [0.05, 0.1) is 6.54 Å². The lowest BCUT2D eigenvalue weighted by atomic mass is 10.0. The summed E-state index contributed by atoms with van der Waals surface area (Å²) < 4.78 is 2.14. The number of likely N-dealkylation sites (N-methyl/N-ethyl adjacent to an activating group) is 1. The molecule has 1 aromatic heterocycles. The molecule has 0 aromatic carbocycles. The largest absolute Gasteiger partial charge is 0.368 e. The summed E-state index contributed by atoms with van der Waals surface area (Å²) in [6, 6.07) is 0. The van der Waals surface area contributed by atoms with Gasteiger partial charge in [0.15, 0.2) is 0 Å². The minimum absolute atomic E-state index is 0.325. The predicted molar refractivity (Wildman–Crippen MR) is 64.2 cm³/mol. The first-order valence-corrected chi connectivity index (χ1v) is 5.76. The summed E-state index contributed by atoms with van der Waals surface area (Å²) in [5.41, 5.74) is 4.74. The quantitative estimate of drug-likeness (QED) is 0.716. The number of rotatable bonds is 4. The van der Waals surface area contributed by atoms with E-state index in [1.165, 1.54) is 0 Å². The molecule has 1 amide bonds. The molecule has 94 valence electrons. The molecule has 6 nitrogen and oxygen atoms in total. The van der Waals surface area contributed by atoms with Crippen molar-refractivity contribution in [1.29, 1.82) is 0 Å². The van der Waals surface area contributed by atoms with Crippen LogP contribution in [0.25, 0.3) is 0 Å². The average Bonchev–Trinajstić information content (AvgIpc) is 2.75. The Bertz CT molecular complexity index is 416. The van der Waals surface area contributed by atoms with Crippen LogP contribution in [0, 0.1) is 0 Å². The molecule has 1 aromatic rings. The van der Waals surface area contributed by atoms with Crippen LogP contribution in [0.15, 0.2) is 12.4 Å². The van der Waals surface area contributed by atoms with E-state index in [9.17, 15) is 4.79 Å². The number of imidazole rings is 1. The van der Waals surface area contributed by atoms with E-state index in [4.69, 9.17) is 5.73 Å². The molecular formula is C11H19N5O. The number of nitrogens with two attached hydrogens (primary N) is 1. The van der Waals surface area contributed by atoms with Crippen LogP contribution in [0.2, 0.25) is 0 Å². The van der Waals surface area contributed by atoms with Crippen molar-refractivity contribution in [2.45, 2.75) is 25.6 Å². The molecule has 17 heavy (non-hydrogen) atoms. The highest BCUT2D eigenvalue weighted by Crippen LogP contribution is 2.13. The summed E-state index contributed by atoms with van der Waals surface area (Å²) in [5.74, 6) is 0.716. The molecule has 1 atom stereocenters. The average molecular weight is 237 g/mol. The Hall–Kier alpha value is -1.40. The van der Waals surface area contributed by atoms with Crippen molar-refractivity contribution >= 4 is 5.91 Å². The highest BCUT2D eigenvalue weighted by molar-refractivity contribution is 5.84. The molecule has 0 bridgehead atoms. The van der Waals surface area contributed by atoms with Gasteiger partial charge in [0.25, 0.3) is 0 Å². The third kappa shape index (κ3) is 2.32. The van der Waals surface area contributed by atoms with Gasteiger partial charge in [-0.1, -0.05) is 0 Å². The summed E-state index contributed by atoms with van der Waals surface area (Å²) in [7, 11) is 1.76. The number of carbonyl (C=O) groups excluding carboxylic acids is 1. The Morgan fingerprint density at radius 3 is 3.06 bits per heavy atom. The number of hydrogen-bond donors (Lipinski definition) is 2. The van der Waals surface area contributed by atoms with Gasteiger partial charge in [-0.15, -0.1) is 0 Å². The van der Waals surface area contributed by atoms with E-state index in [2.05, 4.69) is 19.8 Å². The van der Waals surface area contributed by atoms with Crippen LogP contribution >= 0.6 is 0 Å². The normalized spacial score (nSPS) is 19.6. The van der Waals surface area contributed by atoms with Gasteiger partial charge < -0.3 is 15.6 Å². The van der Waals surface area contributed by atoms with E-state index in [0.29, 0.717) is 6.54 Å². The lowest BCUT2D eigenvalue weighted by molar-refractivity contribution is -0.124. The van der Waals surface area contributed by atoms with E-state index < -0.39 is 5.54 Å². The lowest BCUT2D eigenvalue weighted by Crippen LogP contribution is -2.59. The zero-order valence-electron chi connectivity index (χ0n) is 10.3. The minimum Gasteiger partial charge on any atom is -0.368 e. The topological polar surface area (TPSA) is 76.2 Å². The second kappa shape index (κ2) is 4.46. The van der Waals surface area contributed by atoms with E-state index >= 15 is 0 Å². The minimum atomic E-state index is -0.686. The van der Waals surface area contributed by atoms with Gasteiger partial charge in [0.1, 0.15) is 11.4 Å². The van der Waals surface area contributed by atoms with E-state index in [1.54, 1.807) is 7.05 Å². The van der Waals surface area contributed by atoms with Crippen molar-refractivity contribution in [3.63, 3.8) is 0 Å². The Labute approximate surface area is 101 Å². The fourth-order valence-electron chi connectivity index (χ4n) is 2.09. The zero-order chi connectivity index (χ0) is 12.5. The summed E-state index contributed by atoms with van der Waals surface area (Å²) in [6.45, 7) is 5.02. The number of primary amides is 1. The number of hydrogen-bond acceptors (Lipinski definition) is 4. The van der Waals surface area contributed by atoms with Crippen LogP contribution < -0.4 is 11.1 Å². The maximum atomic E-state index is 11.4. The summed E-state index contributed by atoms with van der Waals surface area (Å²) in [5, 5.41) is 3.00. The van der Waals surface area contributed by atoms with Crippen LogP contribution in [0.3, 0.4) is 0 Å². The molecule has 0 spiro atoms. The number of aromatic nitrogens is 2. The van der Waals surface area contributed by atoms with Crippen molar-refractivity contribution < 1.29 is 4.79 Å². The second-order valence-electron chi connectivity index (χ2n) is 4.69. The molecule has 2 rings (SSSR count). The Balaban J connectivity index is 2.04. The third-order valence-corrected chi connectivity index (χ3v) is 3.46. The van der Waals surface area contributed by atoms with Gasteiger partial charge in [-0.2, -0.15) is 0 Å². The van der Waals surface area contributed by atoms with Crippen molar-refractivity contribution in [3.05, 3.63) is 18.2 Å². The zero-order valence-corrected chi connectivity index (χ0v) is 10.3. The number of amides is 1. The second-order valence-corrected chi connectivity index (χ2v) is 4.69. The Kier molecular flexibility index (Phi) is 3.17. The predicted octanol–water partition coefficient (Wildman–Crippen LogP) is -0.838. The monoisotopic (exact) mass is 237 g/mol. The van der Waals surface area contributed by atoms with Gasteiger partial charge >= 0.3 is 0 Å². The smallest absolute Gasteiger partial charge is 0.238 e. The number of nitrogens with one attached hydrogen (secondary N) is 1. The van der Waals surface area contributed by atoms with Crippen LogP contribution in [0.1, 0.15) is 12.7 Å². The molecule has 0 saturated carbocycles. The van der Waals surface area contributed by atoms with Crippen LogP contribution in [-0.4, -0.2) is 46.0 Å². The van der Waals surface area contributed by atoms with Gasteiger partial charge in [-0.25, -0.2) is 4.98 Å².